The van der Waals surface area contributed by atoms with Crippen LogP contribution in [0.5, 0.6) is 11.5 Å². The van der Waals surface area contributed by atoms with Gasteiger partial charge >= 0.3 is 0 Å². The number of halogens is 2. The number of phenols is 1. The highest BCUT2D eigenvalue weighted by Crippen LogP contribution is 2.27. The molecule has 24 heavy (non-hydrogen) atoms. The maximum Gasteiger partial charge on any atom is 0.277 e. The fraction of sp³-hybridized carbons (Fsp3) is 0.176. The average molecular weight is 412 g/mol. The molecule has 0 heterocycles. The SMILES string of the molecule is CC/C(=N\NC(=O)COc1ccc(Cl)cc1Br)c1ccc(O)cc1. The van der Waals surface area contributed by atoms with Crippen molar-refractivity contribution in [3.8, 4) is 11.5 Å². The van der Waals surface area contributed by atoms with Gasteiger partial charge in [0.15, 0.2) is 6.61 Å². The minimum Gasteiger partial charge on any atom is -0.508 e. The first-order chi connectivity index (χ1) is 11.5. The van der Waals surface area contributed by atoms with Gasteiger partial charge in [0.05, 0.1) is 10.2 Å². The number of hydrogen-bond donors (Lipinski definition) is 2. The second-order valence-electron chi connectivity index (χ2n) is 4.86. The smallest absolute Gasteiger partial charge is 0.277 e. The van der Waals surface area contributed by atoms with Crippen LogP contribution in [0.3, 0.4) is 0 Å². The van der Waals surface area contributed by atoms with E-state index >= 15 is 0 Å². The third kappa shape index (κ3) is 5.25. The van der Waals surface area contributed by atoms with Gasteiger partial charge in [-0.25, -0.2) is 5.43 Å². The molecule has 0 atom stereocenters. The Morgan fingerprint density at radius 2 is 2.00 bits per heavy atom. The largest absolute Gasteiger partial charge is 0.508 e. The van der Waals surface area contributed by atoms with Crippen LogP contribution in [-0.4, -0.2) is 23.3 Å². The molecule has 0 saturated carbocycles. The molecule has 0 fully saturated rings. The number of hydrazone groups is 1. The van der Waals surface area contributed by atoms with E-state index in [2.05, 4.69) is 26.5 Å². The summed E-state index contributed by atoms with van der Waals surface area (Å²) in [5.41, 5.74) is 4.00. The van der Waals surface area contributed by atoms with E-state index in [9.17, 15) is 9.90 Å². The molecule has 2 N–H and O–H groups in total. The molecule has 5 nitrogen and oxygen atoms in total. The Kier molecular flexibility index (Phi) is 6.63. The molecule has 2 aromatic rings. The molecule has 1 amide bonds. The van der Waals surface area contributed by atoms with Gasteiger partial charge in [0.2, 0.25) is 0 Å². The van der Waals surface area contributed by atoms with Crippen molar-refractivity contribution >= 4 is 39.1 Å². The monoisotopic (exact) mass is 410 g/mol. The van der Waals surface area contributed by atoms with E-state index in [-0.39, 0.29) is 18.3 Å². The second kappa shape index (κ2) is 8.70. The molecule has 0 aliphatic heterocycles. The standard InChI is InChI=1S/C17H16BrClN2O3/c1-2-15(11-3-6-13(22)7-4-11)20-21-17(23)10-24-16-8-5-12(19)9-14(16)18/h3-9,22H,2,10H2,1H3,(H,21,23)/b20-15+. The summed E-state index contributed by atoms with van der Waals surface area (Å²) in [7, 11) is 0. The minimum absolute atomic E-state index is 0.170. The lowest BCUT2D eigenvalue weighted by Crippen LogP contribution is -2.26. The van der Waals surface area contributed by atoms with Gasteiger partial charge in [0, 0.05) is 5.02 Å². The van der Waals surface area contributed by atoms with Gasteiger partial charge in [0.25, 0.3) is 5.91 Å². The second-order valence-corrected chi connectivity index (χ2v) is 6.15. The van der Waals surface area contributed by atoms with Crippen molar-refractivity contribution in [2.45, 2.75) is 13.3 Å². The molecule has 0 aliphatic rings. The number of carbonyl (C=O) groups is 1. The number of nitrogens with one attached hydrogen (secondary N) is 1. The predicted molar refractivity (Wildman–Crippen MR) is 97.7 cm³/mol. The number of aromatic hydroxyl groups is 1. The highest BCUT2D eigenvalue weighted by Gasteiger charge is 2.07. The first kappa shape index (κ1) is 18.3. The van der Waals surface area contributed by atoms with Crippen LogP contribution < -0.4 is 10.2 Å². The van der Waals surface area contributed by atoms with E-state index < -0.39 is 0 Å². The number of amides is 1. The summed E-state index contributed by atoms with van der Waals surface area (Å²) >= 11 is 9.17. The van der Waals surface area contributed by atoms with Crippen LogP contribution in [0, 0.1) is 0 Å². The molecule has 0 aliphatic carbocycles. The lowest BCUT2D eigenvalue weighted by atomic mass is 10.1. The summed E-state index contributed by atoms with van der Waals surface area (Å²) in [5, 5.41) is 14.0. The van der Waals surface area contributed by atoms with E-state index in [0.29, 0.717) is 27.4 Å². The molecule has 0 spiro atoms. The number of phenolic OH excluding ortho intramolecular Hbond substituents is 1. The van der Waals surface area contributed by atoms with Gasteiger partial charge in [-0.1, -0.05) is 18.5 Å². The quantitative estimate of drug-likeness (QED) is 0.555. The van der Waals surface area contributed by atoms with Crippen LogP contribution in [0.15, 0.2) is 52.0 Å². The summed E-state index contributed by atoms with van der Waals surface area (Å²) in [4.78, 5) is 11.9. The summed E-state index contributed by atoms with van der Waals surface area (Å²) < 4.78 is 6.09. The van der Waals surface area contributed by atoms with Crippen molar-refractivity contribution in [1.82, 2.24) is 5.43 Å². The lowest BCUT2D eigenvalue weighted by Gasteiger charge is -2.08. The average Bonchev–Trinajstić information content (AvgIpc) is 2.56. The van der Waals surface area contributed by atoms with E-state index in [1.807, 2.05) is 6.92 Å². The maximum atomic E-state index is 11.9. The van der Waals surface area contributed by atoms with Crippen molar-refractivity contribution in [2.75, 3.05) is 6.61 Å². The number of ether oxygens (including phenoxy) is 1. The zero-order chi connectivity index (χ0) is 17.5. The van der Waals surface area contributed by atoms with Crippen molar-refractivity contribution in [1.29, 1.82) is 0 Å². The van der Waals surface area contributed by atoms with Crippen molar-refractivity contribution in [3.05, 3.63) is 57.5 Å². The van der Waals surface area contributed by atoms with Gasteiger partial charge in [-0.15, -0.1) is 0 Å². The van der Waals surface area contributed by atoms with Gasteiger partial charge in [-0.2, -0.15) is 5.10 Å². The summed E-state index contributed by atoms with van der Waals surface area (Å²) in [6, 6.07) is 11.7. The Balaban J connectivity index is 1.94. The summed E-state index contributed by atoms with van der Waals surface area (Å²) in [6.07, 6.45) is 0.634. The van der Waals surface area contributed by atoms with Crippen LogP contribution >= 0.6 is 27.5 Å². The number of carbonyl (C=O) groups excluding carboxylic acids is 1. The fourth-order valence-corrected chi connectivity index (χ4v) is 2.70. The number of hydrogen-bond acceptors (Lipinski definition) is 4. The molecular weight excluding hydrogens is 396 g/mol. The van der Waals surface area contributed by atoms with E-state index in [4.69, 9.17) is 16.3 Å². The first-order valence-corrected chi connectivity index (χ1v) is 8.39. The molecule has 126 valence electrons. The van der Waals surface area contributed by atoms with Crippen LogP contribution in [0.1, 0.15) is 18.9 Å². The van der Waals surface area contributed by atoms with Crippen molar-refractivity contribution in [2.24, 2.45) is 5.10 Å². The Morgan fingerprint density at radius 3 is 2.62 bits per heavy atom. The van der Waals surface area contributed by atoms with E-state index in [1.54, 1.807) is 42.5 Å². The van der Waals surface area contributed by atoms with Crippen LogP contribution in [0.2, 0.25) is 5.02 Å². The zero-order valence-electron chi connectivity index (χ0n) is 12.9. The molecular formula is C17H16BrClN2O3. The molecule has 0 aromatic heterocycles. The minimum atomic E-state index is -0.374. The molecule has 0 bridgehead atoms. The number of nitrogens with zero attached hydrogens (tertiary/aromatic N) is 1. The molecule has 7 heteroatoms. The summed E-state index contributed by atoms with van der Waals surface area (Å²) in [5.74, 6) is 0.328. The van der Waals surface area contributed by atoms with Crippen LogP contribution in [0.25, 0.3) is 0 Å². The third-order valence-electron chi connectivity index (χ3n) is 3.10. The molecule has 2 aromatic carbocycles. The Labute approximate surface area is 153 Å². The Bertz CT molecular complexity index is 748. The first-order valence-electron chi connectivity index (χ1n) is 7.22. The number of benzene rings is 2. The molecule has 0 unspecified atom stereocenters. The van der Waals surface area contributed by atoms with Crippen molar-refractivity contribution in [3.63, 3.8) is 0 Å². The highest BCUT2D eigenvalue weighted by molar-refractivity contribution is 9.10. The Hall–Kier alpha value is -2.05. The molecule has 0 saturated heterocycles. The number of rotatable bonds is 6. The predicted octanol–water partition coefficient (Wildman–Crippen LogP) is 4.12. The molecule has 0 radical (unpaired) electrons. The lowest BCUT2D eigenvalue weighted by molar-refractivity contribution is -0.123. The van der Waals surface area contributed by atoms with Crippen molar-refractivity contribution < 1.29 is 14.6 Å². The zero-order valence-corrected chi connectivity index (χ0v) is 15.3. The maximum absolute atomic E-state index is 11.9. The fourth-order valence-electron chi connectivity index (χ4n) is 1.90. The van der Waals surface area contributed by atoms with Crippen LogP contribution in [-0.2, 0) is 4.79 Å². The van der Waals surface area contributed by atoms with Gasteiger partial charge < -0.3 is 9.84 Å². The normalized spacial score (nSPS) is 11.2. The van der Waals surface area contributed by atoms with Crippen LogP contribution in [0.4, 0.5) is 0 Å². The van der Waals surface area contributed by atoms with Gasteiger partial charge in [-0.05, 0) is 70.4 Å². The third-order valence-corrected chi connectivity index (χ3v) is 3.96. The Morgan fingerprint density at radius 1 is 1.29 bits per heavy atom. The summed E-state index contributed by atoms with van der Waals surface area (Å²) in [6.45, 7) is 1.76. The van der Waals surface area contributed by atoms with E-state index in [0.717, 1.165) is 5.56 Å². The molecule has 2 rings (SSSR count). The van der Waals surface area contributed by atoms with Gasteiger partial charge in [0.1, 0.15) is 11.5 Å². The van der Waals surface area contributed by atoms with Gasteiger partial charge in [-0.3, -0.25) is 4.79 Å². The topological polar surface area (TPSA) is 70.9 Å². The van der Waals surface area contributed by atoms with E-state index in [1.165, 1.54) is 0 Å². The highest BCUT2D eigenvalue weighted by atomic mass is 79.9.